The Labute approximate surface area is 163 Å². The molecule has 146 valence electrons. The van der Waals surface area contributed by atoms with Crippen molar-refractivity contribution in [2.24, 2.45) is 0 Å². The number of aryl methyl sites for hydroxylation is 1. The Hall–Kier alpha value is -2.28. The highest BCUT2D eigenvalue weighted by Crippen LogP contribution is 2.22. The van der Waals surface area contributed by atoms with Crippen LogP contribution in [-0.4, -0.2) is 34.8 Å². The number of aromatic nitrogens is 1. The zero-order chi connectivity index (χ0) is 19.8. The van der Waals surface area contributed by atoms with E-state index in [2.05, 4.69) is 10.3 Å². The van der Waals surface area contributed by atoms with Crippen molar-refractivity contribution in [2.75, 3.05) is 18.4 Å². The number of hydrogen-bond acceptors (Lipinski definition) is 4. The summed E-state index contributed by atoms with van der Waals surface area (Å²) in [6.07, 6.45) is 3.44. The molecule has 27 heavy (non-hydrogen) atoms. The van der Waals surface area contributed by atoms with E-state index < -0.39 is 0 Å². The second-order valence-corrected chi connectivity index (χ2v) is 7.47. The van der Waals surface area contributed by atoms with Crippen LogP contribution in [0, 0.1) is 12.7 Å². The third-order valence-electron chi connectivity index (χ3n) is 4.33. The van der Waals surface area contributed by atoms with Gasteiger partial charge in [-0.15, -0.1) is 11.3 Å². The lowest BCUT2D eigenvalue weighted by atomic mass is 10.1. The highest BCUT2D eigenvalue weighted by Gasteiger charge is 2.12. The van der Waals surface area contributed by atoms with Crippen LogP contribution in [0.3, 0.4) is 0 Å². The molecule has 0 fully saturated rings. The first-order valence-electron chi connectivity index (χ1n) is 9.20. The number of nitrogens with zero attached hydrogens (tertiary/aromatic N) is 2. The summed E-state index contributed by atoms with van der Waals surface area (Å²) in [4.78, 5) is 30.9. The Balaban J connectivity index is 1.80. The van der Waals surface area contributed by atoms with E-state index >= 15 is 0 Å². The fourth-order valence-electron chi connectivity index (χ4n) is 2.71. The van der Waals surface area contributed by atoms with Crippen LogP contribution in [0.1, 0.15) is 49.1 Å². The van der Waals surface area contributed by atoms with Gasteiger partial charge in [-0.3, -0.25) is 9.59 Å². The van der Waals surface area contributed by atoms with Gasteiger partial charge >= 0.3 is 0 Å². The average molecular weight is 392 g/mol. The molecular weight excluding hydrogens is 365 g/mol. The van der Waals surface area contributed by atoms with Crippen molar-refractivity contribution in [3.8, 4) is 0 Å². The monoisotopic (exact) mass is 391 g/mol. The lowest BCUT2D eigenvalue weighted by Gasteiger charge is -2.18. The number of nitrogens with one attached hydrogen (secondary N) is 1. The van der Waals surface area contributed by atoms with Crippen molar-refractivity contribution in [1.29, 1.82) is 0 Å². The van der Waals surface area contributed by atoms with Crippen LogP contribution < -0.4 is 5.32 Å². The number of thiazole rings is 1. The van der Waals surface area contributed by atoms with E-state index in [0.717, 1.165) is 10.4 Å². The van der Waals surface area contributed by atoms with Gasteiger partial charge in [0.15, 0.2) is 5.13 Å². The first kappa shape index (κ1) is 21.0. The standard InChI is InChI=1S/C20H26FN3O2S/c1-4-24(5-2)19(26)8-6-7-18(25)23-20-22-13-16(27-20)11-15-10-9-14(3)17(21)12-15/h9-10,12-13H,4-8,11H2,1-3H3,(H,22,23,25). The molecule has 0 radical (unpaired) electrons. The molecule has 1 N–H and O–H groups in total. The summed E-state index contributed by atoms with van der Waals surface area (Å²) in [5.41, 5.74) is 1.49. The number of amides is 2. The van der Waals surface area contributed by atoms with Crippen LogP contribution in [0.4, 0.5) is 9.52 Å². The molecular formula is C20H26FN3O2S. The van der Waals surface area contributed by atoms with Gasteiger partial charge < -0.3 is 10.2 Å². The number of halogens is 1. The summed E-state index contributed by atoms with van der Waals surface area (Å²) in [6.45, 7) is 7.00. The summed E-state index contributed by atoms with van der Waals surface area (Å²) in [6, 6.07) is 5.18. The number of hydrogen-bond donors (Lipinski definition) is 1. The molecule has 7 heteroatoms. The molecule has 0 saturated carbocycles. The van der Waals surface area contributed by atoms with Gasteiger partial charge in [0, 0.05) is 43.4 Å². The molecule has 0 aliphatic rings. The zero-order valence-corrected chi connectivity index (χ0v) is 16.9. The molecule has 1 heterocycles. The van der Waals surface area contributed by atoms with Gasteiger partial charge in [0.1, 0.15) is 5.82 Å². The minimum absolute atomic E-state index is 0.0784. The fourth-order valence-corrected chi connectivity index (χ4v) is 3.57. The van der Waals surface area contributed by atoms with Crippen molar-refractivity contribution < 1.29 is 14.0 Å². The van der Waals surface area contributed by atoms with Gasteiger partial charge in [-0.2, -0.15) is 0 Å². The quantitative estimate of drug-likeness (QED) is 0.698. The van der Waals surface area contributed by atoms with Crippen molar-refractivity contribution in [3.05, 3.63) is 46.2 Å². The lowest BCUT2D eigenvalue weighted by molar-refractivity contribution is -0.130. The molecule has 0 unspecified atom stereocenters. The smallest absolute Gasteiger partial charge is 0.226 e. The maximum absolute atomic E-state index is 13.6. The van der Waals surface area contributed by atoms with E-state index in [0.29, 0.717) is 43.0 Å². The summed E-state index contributed by atoms with van der Waals surface area (Å²) < 4.78 is 13.6. The zero-order valence-electron chi connectivity index (χ0n) is 16.0. The third-order valence-corrected chi connectivity index (χ3v) is 5.24. The van der Waals surface area contributed by atoms with Crippen molar-refractivity contribution in [2.45, 2.75) is 46.5 Å². The van der Waals surface area contributed by atoms with Gasteiger partial charge in [-0.1, -0.05) is 12.1 Å². The Morgan fingerprint density at radius 2 is 1.96 bits per heavy atom. The largest absolute Gasteiger partial charge is 0.343 e. The Kier molecular flexibility index (Phi) is 7.91. The van der Waals surface area contributed by atoms with E-state index in [1.807, 2.05) is 19.9 Å². The molecule has 0 aliphatic heterocycles. The Morgan fingerprint density at radius 1 is 1.22 bits per heavy atom. The molecule has 0 aliphatic carbocycles. The predicted octanol–water partition coefficient (Wildman–Crippen LogP) is 4.16. The molecule has 1 aromatic carbocycles. The third kappa shape index (κ3) is 6.43. The molecule has 2 amide bonds. The molecule has 0 atom stereocenters. The first-order chi connectivity index (χ1) is 12.9. The lowest BCUT2D eigenvalue weighted by Crippen LogP contribution is -2.30. The maximum Gasteiger partial charge on any atom is 0.226 e. The van der Waals surface area contributed by atoms with Crippen LogP contribution in [0.2, 0.25) is 0 Å². The summed E-state index contributed by atoms with van der Waals surface area (Å²) in [5, 5.41) is 3.29. The van der Waals surface area contributed by atoms with Gasteiger partial charge in [-0.05, 0) is 44.4 Å². The minimum atomic E-state index is -0.218. The van der Waals surface area contributed by atoms with Gasteiger partial charge in [0.05, 0.1) is 0 Å². The van der Waals surface area contributed by atoms with Gasteiger partial charge in [0.25, 0.3) is 0 Å². The summed E-state index contributed by atoms with van der Waals surface area (Å²) >= 11 is 1.38. The normalized spacial score (nSPS) is 10.7. The van der Waals surface area contributed by atoms with Crippen LogP contribution in [0.25, 0.3) is 0 Å². The fraction of sp³-hybridized carbons (Fsp3) is 0.450. The van der Waals surface area contributed by atoms with Crippen LogP contribution in [-0.2, 0) is 16.0 Å². The topological polar surface area (TPSA) is 62.3 Å². The van der Waals surface area contributed by atoms with Crippen molar-refractivity contribution in [1.82, 2.24) is 9.88 Å². The number of benzene rings is 1. The Bertz CT molecular complexity index is 787. The SMILES string of the molecule is CCN(CC)C(=O)CCCC(=O)Nc1ncc(Cc2ccc(C)c(F)c2)s1. The predicted molar refractivity (Wildman–Crippen MR) is 106 cm³/mol. The molecule has 5 nitrogen and oxygen atoms in total. The molecule has 0 spiro atoms. The van der Waals surface area contributed by atoms with E-state index in [1.165, 1.54) is 17.4 Å². The van der Waals surface area contributed by atoms with E-state index in [-0.39, 0.29) is 24.1 Å². The highest BCUT2D eigenvalue weighted by atomic mass is 32.1. The van der Waals surface area contributed by atoms with Gasteiger partial charge in [0.2, 0.25) is 11.8 Å². The van der Waals surface area contributed by atoms with Gasteiger partial charge in [-0.25, -0.2) is 9.37 Å². The van der Waals surface area contributed by atoms with E-state index in [4.69, 9.17) is 0 Å². The van der Waals surface area contributed by atoms with Crippen LogP contribution >= 0.6 is 11.3 Å². The summed E-state index contributed by atoms with van der Waals surface area (Å²) in [5.74, 6) is -0.288. The van der Waals surface area contributed by atoms with Crippen molar-refractivity contribution in [3.63, 3.8) is 0 Å². The summed E-state index contributed by atoms with van der Waals surface area (Å²) in [7, 11) is 0. The van der Waals surface area contributed by atoms with Crippen molar-refractivity contribution >= 4 is 28.3 Å². The van der Waals surface area contributed by atoms with E-state index in [9.17, 15) is 14.0 Å². The molecule has 0 saturated heterocycles. The minimum Gasteiger partial charge on any atom is -0.343 e. The number of carbonyl (C=O) groups excluding carboxylic acids is 2. The first-order valence-corrected chi connectivity index (χ1v) is 10.0. The average Bonchev–Trinajstić information content (AvgIpc) is 3.06. The highest BCUT2D eigenvalue weighted by molar-refractivity contribution is 7.15. The number of anilines is 1. The number of rotatable bonds is 9. The molecule has 2 aromatic rings. The second kappa shape index (κ2) is 10.2. The molecule has 1 aromatic heterocycles. The van der Waals surface area contributed by atoms with Crippen LogP contribution in [0.15, 0.2) is 24.4 Å². The Morgan fingerprint density at radius 3 is 2.63 bits per heavy atom. The second-order valence-electron chi connectivity index (χ2n) is 6.36. The maximum atomic E-state index is 13.6. The van der Waals surface area contributed by atoms with Crippen LogP contribution in [0.5, 0.6) is 0 Å². The molecule has 0 bridgehead atoms. The molecule has 2 rings (SSSR count). The number of carbonyl (C=O) groups is 2. The van der Waals surface area contributed by atoms with E-state index in [1.54, 1.807) is 24.1 Å².